The molecule has 1 aromatic heterocycles. The molecule has 0 N–H and O–H groups in total. The summed E-state index contributed by atoms with van der Waals surface area (Å²) in [5.41, 5.74) is 24.8. The molecule has 0 atom stereocenters. The fourth-order valence-corrected chi connectivity index (χ4v) is 14.9. The molecule has 0 saturated carbocycles. The van der Waals surface area contributed by atoms with Crippen LogP contribution in [-0.2, 0) is 10.8 Å². The molecule has 78 heavy (non-hydrogen) atoms. The Morgan fingerprint density at radius 2 is 0.808 bits per heavy atom. The SMILES string of the molecule is CC1(C)c2ccccc2-c2ccc(N(c3ccc4c5ccccc5n(-c5cc6ccccc6c6c(-c7cccc8c7-c7ccccc7C87c8ccccc8-c8ccccc87)cccc56)c4c3)c3cccc4ccccc34)cc21. The molecular weight excluding hydrogens is 941 g/mol. The summed E-state index contributed by atoms with van der Waals surface area (Å²) < 4.78 is 2.56. The molecule has 0 radical (unpaired) electrons. The minimum absolute atomic E-state index is 0.156. The monoisotopic (exact) mass is 990 g/mol. The van der Waals surface area contributed by atoms with Crippen LogP contribution in [0.5, 0.6) is 0 Å². The van der Waals surface area contributed by atoms with Gasteiger partial charge in [0.2, 0.25) is 0 Å². The molecule has 0 saturated heterocycles. The molecule has 0 unspecified atom stereocenters. The fraction of sp³-hybridized carbons (Fsp3) is 0.0526. The highest BCUT2D eigenvalue weighted by atomic mass is 15.1. The third-order valence-corrected chi connectivity index (χ3v) is 18.2. The number of anilines is 3. The van der Waals surface area contributed by atoms with Gasteiger partial charge >= 0.3 is 0 Å². The standard InChI is InChI=1S/C76H50N2/c1-75(2)63-33-12-7-25-53(63)56-42-40-49(45-68(56)75)77(69-39-17-22-47-20-3-5-23-51(47)69)50-41-43-58-57-28-11-16-38-70(57)78(72(58)46-50)71-44-48-21-4-6-24-52(48)73-59(30-18-32-62(71)73)60-31-19-37-67-74(60)61-29-10-15-36-66(61)76(67)64-34-13-8-26-54(64)55-27-9-14-35-65(55)76/h3-46H,1-2H3. The Balaban J connectivity index is 0.925. The summed E-state index contributed by atoms with van der Waals surface area (Å²) in [7, 11) is 0. The van der Waals surface area contributed by atoms with Gasteiger partial charge in [0.25, 0.3) is 0 Å². The van der Waals surface area contributed by atoms with Crippen molar-refractivity contribution in [2.75, 3.05) is 4.90 Å². The summed E-state index contributed by atoms with van der Waals surface area (Å²) in [6.45, 7) is 4.75. The molecule has 0 bridgehead atoms. The lowest BCUT2D eigenvalue weighted by atomic mass is 9.70. The zero-order valence-electron chi connectivity index (χ0n) is 43.3. The third-order valence-electron chi connectivity index (χ3n) is 18.2. The minimum Gasteiger partial charge on any atom is -0.310 e. The zero-order valence-corrected chi connectivity index (χ0v) is 43.3. The molecule has 14 aromatic rings. The maximum atomic E-state index is 2.56. The van der Waals surface area contributed by atoms with Gasteiger partial charge in [0.15, 0.2) is 0 Å². The Kier molecular flexibility index (Phi) is 8.86. The van der Waals surface area contributed by atoms with Gasteiger partial charge in [-0.3, -0.25) is 0 Å². The summed E-state index contributed by atoms with van der Waals surface area (Å²) in [5.74, 6) is 0. The average Bonchev–Trinajstić information content (AvgIpc) is 3.68. The molecular formula is C76H50N2. The summed E-state index contributed by atoms with van der Waals surface area (Å²) in [4.78, 5) is 2.50. The Labute approximate surface area is 453 Å². The number of benzene rings is 13. The van der Waals surface area contributed by atoms with E-state index in [0.29, 0.717) is 0 Å². The molecule has 2 heteroatoms. The fourth-order valence-electron chi connectivity index (χ4n) is 14.9. The van der Waals surface area contributed by atoms with Crippen molar-refractivity contribution in [2.24, 2.45) is 0 Å². The number of aromatic nitrogens is 1. The van der Waals surface area contributed by atoms with E-state index in [-0.39, 0.29) is 5.41 Å². The van der Waals surface area contributed by atoms with Crippen molar-refractivity contribution < 1.29 is 0 Å². The Hall–Kier alpha value is -9.76. The summed E-state index contributed by atoms with van der Waals surface area (Å²) >= 11 is 0. The van der Waals surface area contributed by atoms with Crippen molar-refractivity contribution in [3.8, 4) is 50.2 Å². The second-order valence-electron chi connectivity index (χ2n) is 22.2. The van der Waals surface area contributed by atoms with Crippen molar-refractivity contribution in [1.82, 2.24) is 4.57 Å². The molecule has 0 amide bonds. The van der Waals surface area contributed by atoms with Crippen LogP contribution in [0, 0.1) is 0 Å². The highest BCUT2D eigenvalue weighted by molar-refractivity contribution is 6.21. The van der Waals surface area contributed by atoms with Gasteiger partial charge in [0.1, 0.15) is 0 Å². The van der Waals surface area contributed by atoms with Crippen molar-refractivity contribution in [2.45, 2.75) is 24.7 Å². The van der Waals surface area contributed by atoms with Gasteiger partial charge in [-0.2, -0.15) is 0 Å². The van der Waals surface area contributed by atoms with Gasteiger partial charge < -0.3 is 9.47 Å². The minimum atomic E-state index is -0.436. The van der Waals surface area contributed by atoms with Gasteiger partial charge in [-0.15, -0.1) is 0 Å². The summed E-state index contributed by atoms with van der Waals surface area (Å²) in [5, 5.41) is 9.78. The van der Waals surface area contributed by atoms with Crippen LogP contribution in [0.15, 0.2) is 267 Å². The first kappa shape index (κ1) is 43.5. The molecule has 13 aromatic carbocycles. The first-order chi connectivity index (χ1) is 38.5. The summed E-state index contributed by atoms with van der Waals surface area (Å²) in [6, 6.07) is 101. The average molecular weight is 991 g/mol. The van der Waals surface area contributed by atoms with Crippen LogP contribution in [0.2, 0.25) is 0 Å². The highest BCUT2D eigenvalue weighted by Gasteiger charge is 2.52. The Morgan fingerprint density at radius 1 is 0.308 bits per heavy atom. The predicted molar refractivity (Wildman–Crippen MR) is 327 cm³/mol. The number of rotatable bonds is 5. The number of nitrogens with zero attached hydrogens (tertiary/aromatic N) is 2. The normalized spacial score (nSPS) is 14.0. The van der Waals surface area contributed by atoms with Crippen molar-refractivity contribution >= 4 is 71.2 Å². The van der Waals surface area contributed by atoms with Crippen LogP contribution in [0.1, 0.15) is 47.2 Å². The number of fused-ring (bicyclic) bond motifs is 20. The van der Waals surface area contributed by atoms with Crippen LogP contribution in [0.4, 0.5) is 17.1 Å². The van der Waals surface area contributed by atoms with E-state index < -0.39 is 5.41 Å². The van der Waals surface area contributed by atoms with E-state index in [1.54, 1.807) is 0 Å². The second-order valence-corrected chi connectivity index (χ2v) is 22.2. The molecule has 1 heterocycles. The highest BCUT2D eigenvalue weighted by Crippen LogP contribution is 2.64. The van der Waals surface area contributed by atoms with E-state index in [9.17, 15) is 0 Å². The summed E-state index contributed by atoms with van der Waals surface area (Å²) in [6.07, 6.45) is 0. The van der Waals surface area contributed by atoms with E-state index in [1.807, 2.05) is 0 Å². The molecule has 2 nitrogen and oxygen atoms in total. The predicted octanol–water partition coefficient (Wildman–Crippen LogP) is 20.0. The van der Waals surface area contributed by atoms with Gasteiger partial charge in [-0.1, -0.05) is 238 Å². The first-order valence-electron chi connectivity index (χ1n) is 27.4. The third kappa shape index (κ3) is 5.66. The van der Waals surface area contributed by atoms with E-state index in [0.717, 1.165) is 28.3 Å². The topological polar surface area (TPSA) is 8.17 Å². The number of hydrogen-bond donors (Lipinski definition) is 0. The van der Waals surface area contributed by atoms with E-state index in [4.69, 9.17) is 0 Å². The molecule has 17 rings (SSSR count). The van der Waals surface area contributed by atoms with Crippen molar-refractivity contribution in [1.29, 1.82) is 0 Å². The second kappa shape index (κ2) is 15.9. The number of para-hydroxylation sites is 1. The zero-order chi connectivity index (χ0) is 51.4. The van der Waals surface area contributed by atoms with Gasteiger partial charge in [-0.25, -0.2) is 0 Å². The van der Waals surface area contributed by atoms with Crippen molar-refractivity contribution in [3.05, 3.63) is 300 Å². The molecule has 364 valence electrons. The van der Waals surface area contributed by atoms with Crippen LogP contribution in [-0.4, -0.2) is 4.57 Å². The Bertz CT molecular complexity index is 4860. The quantitative estimate of drug-likeness (QED) is 0.156. The van der Waals surface area contributed by atoms with E-state index in [2.05, 4.69) is 290 Å². The maximum absolute atomic E-state index is 2.56. The van der Waals surface area contributed by atoms with Gasteiger partial charge in [0, 0.05) is 38.3 Å². The first-order valence-corrected chi connectivity index (χ1v) is 27.4. The van der Waals surface area contributed by atoms with Crippen LogP contribution in [0.25, 0.3) is 104 Å². The van der Waals surface area contributed by atoms with Crippen LogP contribution in [0.3, 0.4) is 0 Å². The molecule has 0 aliphatic heterocycles. The lowest BCUT2D eigenvalue weighted by Gasteiger charge is -2.30. The van der Waals surface area contributed by atoms with Gasteiger partial charge in [-0.05, 0) is 142 Å². The van der Waals surface area contributed by atoms with Gasteiger partial charge in [0.05, 0.1) is 27.8 Å². The largest absolute Gasteiger partial charge is 0.310 e. The molecule has 1 spiro atoms. The smallest absolute Gasteiger partial charge is 0.0725 e. The van der Waals surface area contributed by atoms with Crippen LogP contribution >= 0.6 is 0 Å². The maximum Gasteiger partial charge on any atom is 0.0725 e. The molecule has 3 aliphatic carbocycles. The molecule has 0 fully saturated rings. The van der Waals surface area contributed by atoms with Crippen molar-refractivity contribution in [3.63, 3.8) is 0 Å². The lowest BCUT2D eigenvalue weighted by molar-refractivity contribution is 0.660. The Morgan fingerprint density at radius 3 is 1.59 bits per heavy atom. The van der Waals surface area contributed by atoms with Crippen LogP contribution < -0.4 is 4.90 Å². The molecule has 3 aliphatic rings. The van der Waals surface area contributed by atoms with E-state index >= 15 is 0 Å². The number of hydrogen-bond acceptors (Lipinski definition) is 1. The van der Waals surface area contributed by atoms with E-state index in [1.165, 1.54) is 126 Å². The lowest BCUT2D eigenvalue weighted by Crippen LogP contribution is -2.25.